The third-order valence-electron chi connectivity index (χ3n) is 6.53. The number of carbonyl (C=O) groups is 1. The lowest BCUT2D eigenvalue weighted by Gasteiger charge is -2.41. The number of carbonyl (C=O) groups excluding carboxylic acids is 1. The van der Waals surface area contributed by atoms with E-state index in [1.807, 2.05) is 24.1 Å². The largest absolute Gasteiger partial charge is 0.340 e. The maximum absolute atomic E-state index is 13.1. The van der Waals surface area contributed by atoms with Gasteiger partial charge in [-0.15, -0.1) is 0 Å². The molecule has 1 N–H and O–H groups in total. The first-order chi connectivity index (χ1) is 13.5. The van der Waals surface area contributed by atoms with Crippen molar-refractivity contribution in [2.75, 3.05) is 40.3 Å². The number of likely N-dealkylation sites (tertiary alicyclic amines) is 2. The molecule has 3 heterocycles. The fourth-order valence-corrected chi connectivity index (χ4v) is 4.82. The summed E-state index contributed by atoms with van der Waals surface area (Å²) in [5, 5.41) is 0. The second kappa shape index (κ2) is 8.21. The van der Waals surface area contributed by atoms with Gasteiger partial charge in [-0.2, -0.15) is 0 Å². The van der Waals surface area contributed by atoms with Gasteiger partial charge in [0.1, 0.15) is 5.82 Å². The molecule has 152 valence electrons. The predicted molar refractivity (Wildman–Crippen MR) is 112 cm³/mol. The maximum Gasteiger partial charge on any atom is 0.227 e. The normalized spacial score (nSPS) is 22.6. The van der Waals surface area contributed by atoms with Gasteiger partial charge in [-0.05, 0) is 70.9 Å². The van der Waals surface area contributed by atoms with E-state index in [1.165, 1.54) is 25.9 Å². The average Bonchev–Trinajstić information content (AvgIpc) is 3.12. The molecule has 28 heavy (non-hydrogen) atoms. The Labute approximate surface area is 167 Å². The van der Waals surface area contributed by atoms with Gasteiger partial charge in [-0.3, -0.25) is 9.69 Å². The Kier molecular flexibility index (Phi) is 5.69. The molecule has 0 radical (unpaired) electrons. The topological polar surface area (TPSA) is 55.5 Å². The molecule has 1 atom stereocenters. The molecule has 4 rings (SSSR count). The molecule has 0 saturated carbocycles. The molecule has 2 aliphatic rings. The Morgan fingerprint density at radius 1 is 1.25 bits per heavy atom. The highest BCUT2D eigenvalue weighted by Crippen LogP contribution is 2.25. The molecule has 0 bridgehead atoms. The first kappa shape index (κ1) is 19.4. The number of H-pyrrole nitrogens is 1. The van der Waals surface area contributed by atoms with Crippen molar-refractivity contribution in [3.8, 4) is 0 Å². The van der Waals surface area contributed by atoms with Crippen LogP contribution < -0.4 is 0 Å². The highest BCUT2D eigenvalue weighted by Gasteiger charge is 2.32. The molecule has 1 aromatic carbocycles. The van der Waals surface area contributed by atoms with Gasteiger partial charge < -0.3 is 14.8 Å². The minimum Gasteiger partial charge on any atom is -0.340 e. The van der Waals surface area contributed by atoms with Gasteiger partial charge >= 0.3 is 0 Å². The highest BCUT2D eigenvalue weighted by atomic mass is 16.2. The minimum atomic E-state index is 0.115. The van der Waals surface area contributed by atoms with Gasteiger partial charge in [0.15, 0.2) is 0 Å². The summed E-state index contributed by atoms with van der Waals surface area (Å²) in [5.74, 6) is 1.24. The Balaban J connectivity index is 1.38. The lowest BCUT2D eigenvalue weighted by molar-refractivity contribution is -0.137. The summed E-state index contributed by atoms with van der Waals surface area (Å²) in [6.07, 6.45) is 4.59. The molecule has 2 saturated heterocycles. The number of fused-ring (bicyclic) bond motifs is 1. The van der Waals surface area contributed by atoms with Crippen LogP contribution in [0.2, 0.25) is 0 Å². The van der Waals surface area contributed by atoms with Crippen LogP contribution in [0.1, 0.15) is 37.1 Å². The molecule has 2 aromatic rings. The molecule has 0 aliphatic carbocycles. The summed E-state index contributed by atoms with van der Waals surface area (Å²) >= 11 is 0. The van der Waals surface area contributed by atoms with Crippen molar-refractivity contribution >= 4 is 16.9 Å². The van der Waals surface area contributed by atoms with E-state index in [9.17, 15) is 4.79 Å². The lowest BCUT2D eigenvalue weighted by atomic mass is 9.93. The fourth-order valence-electron chi connectivity index (χ4n) is 4.82. The van der Waals surface area contributed by atoms with Crippen molar-refractivity contribution in [1.82, 2.24) is 24.7 Å². The predicted octanol–water partition coefficient (Wildman–Crippen LogP) is 2.64. The zero-order chi connectivity index (χ0) is 19.7. The zero-order valence-electron chi connectivity index (χ0n) is 17.4. The quantitative estimate of drug-likeness (QED) is 0.882. The molecule has 1 aromatic heterocycles. The number of aryl methyl sites for hydroxylation is 1. The van der Waals surface area contributed by atoms with E-state index in [1.54, 1.807) is 0 Å². The van der Waals surface area contributed by atoms with Crippen molar-refractivity contribution in [1.29, 1.82) is 0 Å². The smallest absolute Gasteiger partial charge is 0.227 e. The minimum absolute atomic E-state index is 0.115. The van der Waals surface area contributed by atoms with Crippen LogP contribution in [-0.2, 0) is 11.3 Å². The van der Waals surface area contributed by atoms with Gasteiger partial charge in [0.25, 0.3) is 0 Å². The van der Waals surface area contributed by atoms with Gasteiger partial charge in [0, 0.05) is 19.6 Å². The van der Waals surface area contributed by atoms with Gasteiger partial charge in [0.2, 0.25) is 5.91 Å². The molecule has 0 unspecified atom stereocenters. The summed E-state index contributed by atoms with van der Waals surface area (Å²) in [5.41, 5.74) is 3.21. The van der Waals surface area contributed by atoms with Gasteiger partial charge in [0.05, 0.1) is 23.5 Å². The number of para-hydroxylation sites is 1. The lowest BCUT2D eigenvalue weighted by Crippen LogP contribution is -2.50. The second-order valence-corrected chi connectivity index (χ2v) is 8.72. The van der Waals surface area contributed by atoms with Crippen molar-refractivity contribution in [2.45, 2.75) is 45.2 Å². The number of piperidine rings is 2. The monoisotopic (exact) mass is 383 g/mol. The van der Waals surface area contributed by atoms with Crippen LogP contribution in [0.3, 0.4) is 0 Å². The van der Waals surface area contributed by atoms with Crippen LogP contribution in [0.5, 0.6) is 0 Å². The summed E-state index contributed by atoms with van der Waals surface area (Å²) in [4.78, 5) is 28.0. The molecular weight excluding hydrogens is 350 g/mol. The Bertz CT molecular complexity index is 823. The van der Waals surface area contributed by atoms with E-state index < -0.39 is 0 Å². The molecular formula is C22H33N5O. The number of nitrogens with zero attached hydrogens (tertiary/aromatic N) is 4. The first-order valence-corrected chi connectivity index (χ1v) is 10.6. The number of amides is 1. The standard InChI is InChI=1S/C22H33N5O/c1-16-6-4-8-19-21(16)24-20(23-19)15-26(3)22(28)17-7-5-11-27(14-17)18-9-12-25(2)13-10-18/h4,6,8,17-18H,5,7,9-15H2,1-3H3,(H,23,24)/t17-/m1/s1. The van der Waals surface area contributed by atoms with Crippen LogP contribution in [0.15, 0.2) is 18.2 Å². The van der Waals surface area contributed by atoms with E-state index in [4.69, 9.17) is 4.98 Å². The van der Waals surface area contributed by atoms with Crippen LogP contribution in [0.25, 0.3) is 11.0 Å². The van der Waals surface area contributed by atoms with Crippen LogP contribution in [0.4, 0.5) is 0 Å². The number of imidazole rings is 1. The second-order valence-electron chi connectivity index (χ2n) is 8.72. The molecule has 6 nitrogen and oxygen atoms in total. The number of hydrogen-bond acceptors (Lipinski definition) is 4. The number of rotatable bonds is 4. The average molecular weight is 384 g/mol. The number of nitrogens with one attached hydrogen (secondary N) is 1. The van der Waals surface area contributed by atoms with E-state index in [0.29, 0.717) is 12.6 Å². The molecule has 1 amide bonds. The molecule has 2 aliphatic heterocycles. The van der Waals surface area contributed by atoms with Crippen molar-refractivity contribution in [3.63, 3.8) is 0 Å². The van der Waals surface area contributed by atoms with E-state index in [0.717, 1.165) is 48.4 Å². The summed E-state index contributed by atoms with van der Waals surface area (Å²) in [6, 6.07) is 6.80. The van der Waals surface area contributed by atoms with E-state index in [-0.39, 0.29) is 11.8 Å². The third kappa shape index (κ3) is 4.08. The Hall–Kier alpha value is -1.92. The number of aromatic nitrogens is 2. The molecule has 6 heteroatoms. The van der Waals surface area contributed by atoms with E-state index in [2.05, 4.69) is 34.8 Å². The van der Waals surface area contributed by atoms with Crippen LogP contribution >= 0.6 is 0 Å². The molecule has 2 fully saturated rings. The Morgan fingerprint density at radius 3 is 2.79 bits per heavy atom. The fraction of sp³-hybridized carbons (Fsp3) is 0.636. The van der Waals surface area contributed by atoms with Gasteiger partial charge in [-0.1, -0.05) is 12.1 Å². The van der Waals surface area contributed by atoms with Crippen LogP contribution in [-0.4, -0.2) is 76.9 Å². The molecule has 0 spiro atoms. The summed E-state index contributed by atoms with van der Waals surface area (Å²) in [7, 11) is 4.12. The Morgan fingerprint density at radius 2 is 2.04 bits per heavy atom. The zero-order valence-corrected chi connectivity index (χ0v) is 17.4. The van der Waals surface area contributed by atoms with Crippen molar-refractivity contribution in [3.05, 3.63) is 29.6 Å². The SMILES string of the molecule is Cc1cccc2[nH]c(CN(C)C(=O)[C@@H]3CCCN(C4CCN(C)CC4)C3)nc12. The van der Waals surface area contributed by atoms with Gasteiger partial charge in [-0.25, -0.2) is 4.98 Å². The number of benzene rings is 1. The summed E-state index contributed by atoms with van der Waals surface area (Å²) in [6.45, 7) is 7.01. The third-order valence-corrected chi connectivity index (χ3v) is 6.53. The summed E-state index contributed by atoms with van der Waals surface area (Å²) < 4.78 is 0. The number of aromatic amines is 1. The van der Waals surface area contributed by atoms with E-state index >= 15 is 0 Å². The van der Waals surface area contributed by atoms with Crippen molar-refractivity contribution in [2.24, 2.45) is 5.92 Å². The first-order valence-electron chi connectivity index (χ1n) is 10.6. The number of hydrogen-bond donors (Lipinski definition) is 1. The maximum atomic E-state index is 13.1. The van der Waals surface area contributed by atoms with Crippen molar-refractivity contribution < 1.29 is 4.79 Å². The highest BCUT2D eigenvalue weighted by molar-refractivity contribution is 5.80. The van der Waals surface area contributed by atoms with Crippen LogP contribution in [0, 0.1) is 12.8 Å².